The Morgan fingerprint density at radius 3 is 1.85 bits per heavy atom. The molecule has 0 amide bonds. The Bertz CT molecular complexity index is 818. The third-order valence-corrected chi connectivity index (χ3v) is 9.55. The lowest BCUT2D eigenvalue weighted by molar-refractivity contribution is -0.150. The van der Waals surface area contributed by atoms with Crippen LogP contribution in [0.25, 0.3) is 0 Å². The van der Waals surface area contributed by atoms with E-state index in [1.807, 2.05) is 26.3 Å². The van der Waals surface area contributed by atoms with E-state index in [4.69, 9.17) is 14.2 Å². The first-order valence-corrected chi connectivity index (χ1v) is 22.2. The molecular formula is C45H88N2O5. The van der Waals surface area contributed by atoms with E-state index in [0.29, 0.717) is 25.4 Å². The second-order valence-electron chi connectivity index (χ2n) is 14.8. The molecule has 0 spiro atoms. The van der Waals surface area contributed by atoms with E-state index in [1.54, 1.807) is 6.20 Å². The number of rotatable bonds is 33. The molecule has 1 rings (SSSR count). The Morgan fingerprint density at radius 1 is 0.654 bits per heavy atom. The number of unbranched alkanes of at least 4 members (excludes halogenated alkanes) is 11. The van der Waals surface area contributed by atoms with Crippen LogP contribution >= 0.6 is 0 Å². The minimum absolute atomic E-state index is 0.00466. The summed E-state index contributed by atoms with van der Waals surface area (Å²) in [6, 6.07) is 0. The van der Waals surface area contributed by atoms with Crippen LogP contribution in [0.15, 0.2) is 17.3 Å². The van der Waals surface area contributed by atoms with Crippen molar-refractivity contribution < 1.29 is 23.8 Å². The molecule has 0 radical (unpaired) electrons. The molecule has 3 atom stereocenters. The van der Waals surface area contributed by atoms with Crippen molar-refractivity contribution in [1.82, 2.24) is 4.90 Å². The minimum Gasteiger partial charge on any atom is -0.466 e. The fourth-order valence-electron chi connectivity index (χ4n) is 6.01. The summed E-state index contributed by atoms with van der Waals surface area (Å²) in [4.78, 5) is 30.9. The van der Waals surface area contributed by atoms with Gasteiger partial charge in [-0.25, -0.2) is 4.99 Å². The Kier molecular flexibility index (Phi) is 42.0. The van der Waals surface area contributed by atoms with Crippen LogP contribution in [0.3, 0.4) is 0 Å². The highest BCUT2D eigenvalue weighted by Gasteiger charge is 2.15. The van der Waals surface area contributed by atoms with Gasteiger partial charge in [0.15, 0.2) is 0 Å². The van der Waals surface area contributed by atoms with Crippen molar-refractivity contribution in [2.24, 2.45) is 16.8 Å². The summed E-state index contributed by atoms with van der Waals surface area (Å²) in [5.41, 5.74) is 0. The average Bonchev–Trinajstić information content (AvgIpc) is 3.15. The first kappa shape index (κ1) is 52.2. The normalized spacial score (nSPS) is 13.7. The fourth-order valence-corrected chi connectivity index (χ4v) is 6.01. The molecule has 0 aliphatic carbocycles. The summed E-state index contributed by atoms with van der Waals surface area (Å²) < 4.78 is 17.0. The van der Waals surface area contributed by atoms with Crippen LogP contribution in [-0.4, -0.2) is 62.2 Å². The van der Waals surface area contributed by atoms with Gasteiger partial charge in [-0.1, -0.05) is 145 Å². The van der Waals surface area contributed by atoms with Crippen molar-refractivity contribution in [3.63, 3.8) is 0 Å². The van der Waals surface area contributed by atoms with Crippen molar-refractivity contribution >= 4 is 18.3 Å². The predicted octanol–water partition coefficient (Wildman–Crippen LogP) is 13.0. The molecule has 0 N–H and O–H groups in total. The number of carbonyl (C=O) groups is 2. The Balaban J connectivity index is 0. The molecule has 308 valence electrons. The van der Waals surface area contributed by atoms with Crippen molar-refractivity contribution in [3.05, 3.63) is 12.3 Å². The molecule has 52 heavy (non-hydrogen) atoms. The molecule has 0 aromatic heterocycles. The molecule has 1 aliphatic rings. The number of ether oxygens (including phenoxy) is 3. The highest BCUT2D eigenvalue weighted by Crippen LogP contribution is 2.18. The highest BCUT2D eigenvalue weighted by atomic mass is 16.5. The Hall–Kier alpha value is -1.89. The highest BCUT2D eigenvalue weighted by molar-refractivity contribution is 5.70. The molecule has 0 fully saturated rings. The van der Waals surface area contributed by atoms with Gasteiger partial charge >= 0.3 is 11.9 Å². The molecule has 7 heteroatoms. The van der Waals surface area contributed by atoms with Gasteiger partial charge in [0, 0.05) is 45.3 Å². The zero-order valence-electron chi connectivity index (χ0n) is 35.9. The molecule has 0 aromatic rings. The van der Waals surface area contributed by atoms with Crippen LogP contribution in [0.4, 0.5) is 0 Å². The monoisotopic (exact) mass is 737 g/mol. The van der Waals surface area contributed by atoms with E-state index >= 15 is 0 Å². The molecule has 3 unspecified atom stereocenters. The van der Waals surface area contributed by atoms with Crippen LogP contribution in [0.2, 0.25) is 0 Å². The number of aliphatic imine (C=N–C) groups is 1. The van der Waals surface area contributed by atoms with Gasteiger partial charge in [0.05, 0.1) is 12.9 Å². The van der Waals surface area contributed by atoms with Gasteiger partial charge in [-0.3, -0.25) is 9.59 Å². The first-order chi connectivity index (χ1) is 25.4. The van der Waals surface area contributed by atoms with E-state index in [0.717, 1.165) is 116 Å². The lowest BCUT2D eigenvalue weighted by atomic mass is 10.00. The Labute approximate surface area is 323 Å². The lowest BCUT2D eigenvalue weighted by Gasteiger charge is -2.20. The third kappa shape index (κ3) is 37.9. The second kappa shape index (κ2) is 41.9. The molecule has 1 aliphatic heterocycles. The molecule has 0 aromatic carbocycles. The van der Waals surface area contributed by atoms with Gasteiger partial charge in [0.2, 0.25) is 0 Å². The predicted molar refractivity (Wildman–Crippen MR) is 224 cm³/mol. The van der Waals surface area contributed by atoms with Crippen molar-refractivity contribution in [3.8, 4) is 0 Å². The molecular weight excluding hydrogens is 649 g/mol. The molecule has 0 bridgehead atoms. The fraction of sp³-hybridized carbons (Fsp3) is 0.889. The van der Waals surface area contributed by atoms with Crippen LogP contribution in [0.1, 0.15) is 209 Å². The van der Waals surface area contributed by atoms with Gasteiger partial charge in [-0.05, 0) is 69.3 Å². The van der Waals surface area contributed by atoms with Gasteiger partial charge in [-0.15, -0.1) is 0 Å². The van der Waals surface area contributed by atoms with Crippen LogP contribution in [-0.2, 0) is 23.8 Å². The number of hydrogen-bond donors (Lipinski definition) is 0. The number of esters is 2. The zero-order chi connectivity index (χ0) is 38.9. The molecule has 0 saturated carbocycles. The summed E-state index contributed by atoms with van der Waals surface area (Å²) in [5, 5.41) is 0. The van der Waals surface area contributed by atoms with E-state index in [-0.39, 0.29) is 18.0 Å². The van der Waals surface area contributed by atoms with Crippen molar-refractivity contribution in [2.75, 3.05) is 32.9 Å². The van der Waals surface area contributed by atoms with Crippen LogP contribution in [0, 0.1) is 11.8 Å². The van der Waals surface area contributed by atoms with Gasteiger partial charge in [-0.2, -0.15) is 0 Å². The van der Waals surface area contributed by atoms with Crippen molar-refractivity contribution in [1.29, 1.82) is 0 Å². The SMILES string of the molecule is CC.CCCCCC(C)CC.CCCCCCC(C)CC(=O)OCCCCCCC(CCCCCCOCCC)OC(=O)CCCN1C=NC=CC1. The van der Waals surface area contributed by atoms with Gasteiger partial charge < -0.3 is 19.1 Å². The maximum atomic E-state index is 12.6. The quantitative estimate of drug-likeness (QED) is 0.0493. The van der Waals surface area contributed by atoms with Crippen LogP contribution < -0.4 is 0 Å². The minimum atomic E-state index is -0.0843. The first-order valence-electron chi connectivity index (χ1n) is 22.2. The van der Waals surface area contributed by atoms with Crippen molar-refractivity contribution in [2.45, 2.75) is 216 Å². The number of hydrogen-bond acceptors (Lipinski definition) is 7. The molecule has 1 heterocycles. The molecule has 0 saturated heterocycles. The summed E-state index contributed by atoms with van der Waals surface area (Å²) in [6.45, 7) is 21.3. The Morgan fingerprint density at radius 2 is 1.23 bits per heavy atom. The number of nitrogens with zero attached hydrogens (tertiary/aromatic N) is 2. The summed E-state index contributed by atoms with van der Waals surface area (Å²) >= 11 is 0. The van der Waals surface area contributed by atoms with Gasteiger partial charge in [0.25, 0.3) is 0 Å². The van der Waals surface area contributed by atoms with Gasteiger partial charge in [0.1, 0.15) is 6.10 Å². The van der Waals surface area contributed by atoms with E-state index < -0.39 is 0 Å². The van der Waals surface area contributed by atoms with E-state index in [1.165, 1.54) is 57.8 Å². The zero-order valence-corrected chi connectivity index (χ0v) is 35.9. The van der Waals surface area contributed by atoms with E-state index in [2.05, 4.69) is 51.4 Å². The topological polar surface area (TPSA) is 77.4 Å². The second-order valence-corrected chi connectivity index (χ2v) is 14.8. The number of carbonyl (C=O) groups excluding carboxylic acids is 2. The third-order valence-electron chi connectivity index (χ3n) is 9.55. The molecule has 7 nitrogen and oxygen atoms in total. The average molecular weight is 737 g/mol. The van der Waals surface area contributed by atoms with E-state index in [9.17, 15) is 9.59 Å². The standard InChI is InChI=1S/C34H62N2O5.C9H20.C2H6/c1-4-6-7-12-19-31(3)29-34(38)40-28-16-11-9-14-21-32(20-13-8-10-15-27-39-26-5-2)41-33(37)22-17-24-36-25-18-23-35-30-36;1-4-6-7-8-9(3)5-2;1-2/h18,23,30-32H,4-17,19-22,24-29H2,1-3H3;9H,4-8H2,1-3H3;1-2H3. The largest absolute Gasteiger partial charge is 0.466 e. The van der Waals surface area contributed by atoms with Crippen LogP contribution in [0.5, 0.6) is 0 Å². The maximum Gasteiger partial charge on any atom is 0.306 e. The summed E-state index contributed by atoms with van der Waals surface area (Å²) in [5.74, 6) is 1.22. The smallest absolute Gasteiger partial charge is 0.306 e. The summed E-state index contributed by atoms with van der Waals surface area (Å²) in [6.07, 6.45) is 31.9. The summed E-state index contributed by atoms with van der Waals surface area (Å²) in [7, 11) is 0. The maximum absolute atomic E-state index is 12.6. The lowest BCUT2D eigenvalue weighted by Crippen LogP contribution is -2.26.